The van der Waals surface area contributed by atoms with E-state index in [9.17, 15) is 0 Å². The summed E-state index contributed by atoms with van der Waals surface area (Å²) in [5, 5.41) is 3.80. The van der Waals surface area contributed by atoms with Crippen molar-refractivity contribution in [3.05, 3.63) is 30.1 Å². The first kappa shape index (κ1) is 11.9. The molecule has 1 aromatic rings. The lowest BCUT2D eigenvalue weighted by Gasteiger charge is -2.24. The summed E-state index contributed by atoms with van der Waals surface area (Å²) in [6.07, 6.45) is 4.74. The van der Waals surface area contributed by atoms with Gasteiger partial charge in [-0.15, -0.1) is 0 Å². The molecule has 0 fully saturated rings. The van der Waals surface area contributed by atoms with Crippen molar-refractivity contribution in [2.45, 2.75) is 19.9 Å². The Hall–Kier alpha value is -1.16. The number of thiocarbonyl (C=S) groups is 1. The second kappa shape index (κ2) is 6.35. The van der Waals surface area contributed by atoms with Crippen LogP contribution in [0.1, 0.15) is 18.9 Å². The van der Waals surface area contributed by atoms with Crippen LogP contribution in [0, 0.1) is 0 Å². The quantitative estimate of drug-likeness (QED) is 0.788. The number of aromatic nitrogens is 1. The van der Waals surface area contributed by atoms with Crippen LogP contribution in [-0.2, 0) is 6.54 Å². The first-order valence-electron chi connectivity index (χ1n) is 5.13. The highest BCUT2D eigenvalue weighted by molar-refractivity contribution is 7.80. The highest BCUT2D eigenvalue weighted by Gasteiger charge is 2.07. The van der Waals surface area contributed by atoms with Gasteiger partial charge < -0.3 is 10.2 Å². The van der Waals surface area contributed by atoms with Crippen LogP contribution in [-0.4, -0.2) is 28.6 Å². The molecule has 0 spiro atoms. The Morgan fingerprint density at radius 3 is 2.93 bits per heavy atom. The average Bonchev–Trinajstić information content (AvgIpc) is 2.29. The number of hydrogen-bond acceptors (Lipinski definition) is 2. The molecule has 0 amide bonds. The smallest absolute Gasteiger partial charge is 0.168 e. The summed E-state index contributed by atoms with van der Waals surface area (Å²) in [4.78, 5) is 6.24. The second-order valence-corrected chi connectivity index (χ2v) is 3.72. The molecule has 0 saturated heterocycles. The normalized spacial score (nSPS) is 9.73. The van der Waals surface area contributed by atoms with Crippen molar-refractivity contribution in [2.24, 2.45) is 0 Å². The molecule has 0 unspecified atom stereocenters. The number of hydrogen-bond donors (Lipinski definition) is 1. The third-order valence-corrected chi connectivity index (χ3v) is 2.55. The van der Waals surface area contributed by atoms with Crippen LogP contribution >= 0.6 is 12.2 Å². The van der Waals surface area contributed by atoms with Gasteiger partial charge in [-0.1, -0.05) is 13.0 Å². The summed E-state index contributed by atoms with van der Waals surface area (Å²) in [7, 11) is 1.86. The minimum absolute atomic E-state index is 0.792. The van der Waals surface area contributed by atoms with Gasteiger partial charge in [-0.05, 0) is 30.3 Å². The van der Waals surface area contributed by atoms with Crippen molar-refractivity contribution in [3.8, 4) is 0 Å². The van der Waals surface area contributed by atoms with Gasteiger partial charge in [-0.3, -0.25) is 4.98 Å². The maximum absolute atomic E-state index is 5.24. The molecule has 0 aliphatic heterocycles. The molecule has 4 heteroatoms. The van der Waals surface area contributed by atoms with Crippen LogP contribution in [0.2, 0.25) is 0 Å². The zero-order chi connectivity index (χ0) is 11.1. The molecule has 0 atom stereocenters. The molecule has 1 N–H and O–H groups in total. The van der Waals surface area contributed by atoms with E-state index in [4.69, 9.17) is 12.2 Å². The van der Waals surface area contributed by atoms with Gasteiger partial charge in [0.15, 0.2) is 5.11 Å². The lowest BCUT2D eigenvalue weighted by molar-refractivity contribution is 0.407. The maximum Gasteiger partial charge on any atom is 0.168 e. The van der Waals surface area contributed by atoms with E-state index in [0.717, 1.165) is 24.6 Å². The topological polar surface area (TPSA) is 28.2 Å². The molecule has 0 radical (unpaired) electrons. The molecule has 1 rings (SSSR count). The van der Waals surface area contributed by atoms with E-state index < -0.39 is 0 Å². The Bertz CT molecular complexity index is 300. The number of nitrogens with zero attached hydrogens (tertiary/aromatic N) is 2. The molecular weight excluding hydrogens is 206 g/mol. The zero-order valence-corrected chi connectivity index (χ0v) is 10.0. The van der Waals surface area contributed by atoms with Gasteiger partial charge >= 0.3 is 0 Å². The highest BCUT2D eigenvalue weighted by atomic mass is 32.1. The minimum atomic E-state index is 0.792. The van der Waals surface area contributed by atoms with Gasteiger partial charge in [-0.25, -0.2) is 0 Å². The Morgan fingerprint density at radius 1 is 1.60 bits per heavy atom. The van der Waals surface area contributed by atoms with Crippen molar-refractivity contribution in [1.29, 1.82) is 0 Å². The fourth-order valence-corrected chi connectivity index (χ4v) is 1.55. The SMILES string of the molecule is CCCN(Cc1cccnc1)C(=S)NC. The largest absolute Gasteiger partial charge is 0.366 e. The Balaban J connectivity index is 2.62. The van der Waals surface area contributed by atoms with Crippen LogP contribution in [0.25, 0.3) is 0 Å². The highest BCUT2D eigenvalue weighted by Crippen LogP contribution is 2.03. The van der Waals surface area contributed by atoms with E-state index in [2.05, 4.69) is 28.2 Å². The van der Waals surface area contributed by atoms with Crippen molar-refractivity contribution >= 4 is 17.3 Å². The minimum Gasteiger partial charge on any atom is -0.366 e. The summed E-state index contributed by atoms with van der Waals surface area (Å²) in [5.74, 6) is 0. The Kier molecular flexibility index (Phi) is 5.04. The van der Waals surface area contributed by atoms with Crippen LogP contribution in [0.5, 0.6) is 0 Å². The number of pyridine rings is 1. The molecule has 0 bridgehead atoms. The predicted octanol–water partition coefficient (Wildman–Crippen LogP) is 1.80. The molecule has 15 heavy (non-hydrogen) atoms. The van der Waals surface area contributed by atoms with E-state index in [1.165, 1.54) is 5.56 Å². The molecule has 0 aromatic carbocycles. The third-order valence-electron chi connectivity index (χ3n) is 2.09. The summed E-state index contributed by atoms with van der Waals surface area (Å²) in [6.45, 7) is 3.93. The lowest BCUT2D eigenvalue weighted by Crippen LogP contribution is -2.37. The summed E-state index contributed by atoms with van der Waals surface area (Å²) < 4.78 is 0. The number of nitrogens with one attached hydrogen (secondary N) is 1. The van der Waals surface area contributed by atoms with E-state index in [1.807, 2.05) is 19.3 Å². The fourth-order valence-electron chi connectivity index (χ4n) is 1.39. The second-order valence-electron chi connectivity index (χ2n) is 3.34. The number of rotatable bonds is 4. The van der Waals surface area contributed by atoms with Crippen LogP contribution in [0.3, 0.4) is 0 Å². The lowest BCUT2D eigenvalue weighted by atomic mass is 10.2. The fraction of sp³-hybridized carbons (Fsp3) is 0.455. The van der Waals surface area contributed by atoms with E-state index in [0.29, 0.717) is 0 Å². The summed E-state index contributed by atoms with van der Waals surface area (Å²) in [5.41, 5.74) is 1.18. The molecule has 82 valence electrons. The maximum atomic E-state index is 5.24. The van der Waals surface area contributed by atoms with Gasteiger partial charge in [0, 0.05) is 32.5 Å². The summed E-state index contributed by atoms with van der Waals surface area (Å²) in [6, 6.07) is 4.01. The molecule has 3 nitrogen and oxygen atoms in total. The first-order valence-corrected chi connectivity index (χ1v) is 5.54. The van der Waals surface area contributed by atoms with Crippen molar-refractivity contribution in [3.63, 3.8) is 0 Å². The average molecular weight is 223 g/mol. The van der Waals surface area contributed by atoms with E-state index >= 15 is 0 Å². The van der Waals surface area contributed by atoms with Crippen molar-refractivity contribution in [1.82, 2.24) is 15.2 Å². The zero-order valence-electron chi connectivity index (χ0n) is 9.23. The Labute approximate surface area is 96.5 Å². The first-order chi connectivity index (χ1) is 7.27. The van der Waals surface area contributed by atoms with Crippen LogP contribution < -0.4 is 5.32 Å². The summed E-state index contributed by atoms with van der Waals surface area (Å²) >= 11 is 5.24. The van der Waals surface area contributed by atoms with Crippen molar-refractivity contribution in [2.75, 3.05) is 13.6 Å². The molecule has 1 heterocycles. The van der Waals surface area contributed by atoms with E-state index in [-0.39, 0.29) is 0 Å². The monoisotopic (exact) mass is 223 g/mol. The molecule has 0 saturated carbocycles. The van der Waals surface area contributed by atoms with Gasteiger partial charge in [-0.2, -0.15) is 0 Å². The van der Waals surface area contributed by atoms with Crippen LogP contribution in [0.4, 0.5) is 0 Å². The van der Waals surface area contributed by atoms with Gasteiger partial charge in [0.2, 0.25) is 0 Å². The van der Waals surface area contributed by atoms with E-state index in [1.54, 1.807) is 6.20 Å². The molecule has 0 aliphatic rings. The van der Waals surface area contributed by atoms with Crippen LogP contribution in [0.15, 0.2) is 24.5 Å². The molecular formula is C11H17N3S. The van der Waals surface area contributed by atoms with Gasteiger partial charge in [0.25, 0.3) is 0 Å². The Morgan fingerprint density at radius 2 is 2.40 bits per heavy atom. The molecule has 0 aliphatic carbocycles. The molecule has 1 aromatic heterocycles. The predicted molar refractivity (Wildman–Crippen MR) is 66.6 cm³/mol. The third kappa shape index (κ3) is 3.83. The van der Waals surface area contributed by atoms with Gasteiger partial charge in [0.1, 0.15) is 0 Å². The standard InChI is InChI=1S/C11H17N3S/c1-3-7-14(11(15)12-2)9-10-5-4-6-13-8-10/h4-6,8H,3,7,9H2,1-2H3,(H,12,15). The van der Waals surface area contributed by atoms with Gasteiger partial charge in [0.05, 0.1) is 0 Å². The van der Waals surface area contributed by atoms with Crippen molar-refractivity contribution < 1.29 is 0 Å².